The van der Waals surface area contributed by atoms with Gasteiger partial charge in [-0.25, -0.2) is 0 Å². The lowest BCUT2D eigenvalue weighted by Gasteiger charge is -2.20. The minimum atomic E-state index is -0.446. The van der Waals surface area contributed by atoms with Crippen LogP contribution in [0.4, 0.5) is 0 Å². The van der Waals surface area contributed by atoms with Crippen molar-refractivity contribution in [3.63, 3.8) is 0 Å². The maximum absolute atomic E-state index is 11.6. The first kappa shape index (κ1) is 15.7. The van der Waals surface area contributed by atoms with Gasteiger partial charge < -0.3 is 21.0 Å². The molecule has 0 aromatic carbocycles. The number of nitrogens with two attached hydrogens (primary N) is 1. The maximum atomic E-state index is 11.6. The number of carbonyl (C=O) groups excluding carboxylic acids is 1. The van der Waals surface area contributed by atoms with Crippen LogP contribution in [-0.4, -0.2) is 36.2 Å². The highest BCUT2D eigenvalue weighted by atomic mass is 16.5. The molecule has 100 valence electrons. The second-order valence-corrected chi connectivity index (χ2v) is 4.18. The Morgan fingerprint density at radius 3 is 2.59 bits per heavy atom. The minimum Gasteiger partial charge on any atom is -0.409 e. The average molecular weight is 245 g/mol. The molecule has 0 aliphatic rings. The Kier molecular flexibility index (Phi) is 8.13. The molecule has 0 fully saturated rings. The van der Waals surface area contributed by atoms with Gasteiger partial charge in [-0.05, 0) is 12.3 Å². The van der Waals surface area contributed by atoms with Gasteiger partial charge in [0.1, 0.15) is 0 Å². The highest BCUT2D eigenvalue weighted by Crippen LogP contribution is 2.02. The van der Waals surface area contributed by atoms with Crippen molar-refractivity contribution < 1.29 is 14.7 Å². The number of oxime groups is 1. The summed E-state index contributed by atoms with van der Waals surface area (Å²) in [4.78, 5) is 11.6. The molecule has 0 spiro atoms. The van der Waals surface area contributed by atoms with Gasteiger partial charge in [-0.3, -0.25) is 4.79 Å². The Morgan fingerprint density at radius 1 is 1.47 bits per heavy atom. The third-order valence-corrected chi connectivity index (χ3v) is 2.24. The number of nitrogens with one attached hydrogen (secondary N) is 1. The highest BCUT2D eigenvalue weighted by Gasteiger charge is 2.20. The molecule has 0 bridgehead atoms. The minimum absolute atomic E-state index is 0.0165. The number of nitrogens with zero attached hydrogens (tertiary/aromatic N) is 1. The summed E-state index contributed by atoms with van der Waals surface area (Å²) >= 11 is 0. The number of carbonyl (C=O) groups is 1. The quantitative estimate of drug-likeness (QED) is 0.193. The second kappa shape index (κ2) is 8.81. The van der Waals surface area contributed by atoms with Gasteiger partial charge in [0.2, 0.25) is 5.91 Å². The third kappa shape index (κ3) is 6.78. The van der Waals surface area contributed by atoms with Gasteiger partial charge >= 0.3 is 0 Å². The van der Waals surface area contributed by atoms with Crippen molar-refractivity contribution in [2.24, 2.45) is 16.8 Å². The SMILES string of the molecule is CCCOCCC(=O)NC(C(N)=NO)C(C)C. The molecule has 0 rings (SSSR count). The fourth-order valence-corrected chi connectivity index (χ4v) is 1.30. The molecule has 6 nitrogen and oxygen atoms in total. The van der Waals surface area contributed by atoms with E-state index in [9.17, 15) is 4.79 Å². The van der Waals surface area contributed by atoms with Gasteiger partial charge in [0.15, 0.2) is 5.84 Å². The fourth-order valence-electron chi connectivity index (χ4n) is 1.30. The molecule has 1 atom stereocenters. The van der Waals surface area contributed by atoms with Crippen molar-refractivity contribution in [2.75, 3.05) is 13.2 Å². The molecule has 0 aliphatic carbocycles. The van der Waals surface area contributed by atoms with E-state index in [1.54, 1.807) is 0 Å². The van der Waals surface area contributed by atoms with Crippen LogP contribution in [0.2, 0.25) is 0 Å². The van der Waals surface area contributed by atoms with E-state index in [4.69, 9.17) is 15.7 Å². The molecule has 4 N–H and O–H groups in total. The van der Waals surface area contributed by atoms with Crippen molar-refractivity contribution in [3.8, 4) is 0 Å². The molecule has 1 amide bonds. The summed E-state index contributed by atoms with van der Waals surface area (Å²) in [6.45, 7) is 6.82. The number of hydrogen-bond acceptors (Lipinski definition) is 4. The van der Waals surface area contributed by atoms with Crippen LogP contribution in [0.25, 0.3) is 0 Å². The van der Waals surface area contributed by atoms with E-state index in [0.29, 0.717) is 13.2 Å². The fraction of sp³-hybridized carbons (Fsp3) is 0.818. The largest absolute Gasteiger partial charge is 0.409 e. The second-order valence-electron chi connectivity index (χ2n) is 4.18. The van der Waals surface area contributed by atoms with E-state index in [2.05, 4.69) is 10.5 Å². The van der Waals surface area contributed by atoms with E-state index in [0.717, 1.165) is 6.42 Å². The molecular formula is C11H23N3O3. The maximum Gasteiger partial charge on any atom is 0.222 e. The summed E-state index contributed by atoms with van der Waals surface area (Å²) in [6.07, 6.45) is 1.21. The number of hydrogen-bond donors (Lipinski definition) is 3. The van der Waals surface area contributed by atoms with Crippen LogP contribution in [0.1, 0.15) is 33.6 Å². The van der Waals surface area contributed by atoms with E-state index in [1.807, 2.05) is 20.8 Å². The van der Waals surface area contributed by atoms with Crippen molar-refractivity contribution in [1.82, 2.24) is 5.32 Å². The van der Waals surface area contributed by atoms with Crippen molar-refractivity contribution in [1.29, 1.82) is 0 Å². The van der Waals surface area contributed by atoms with Crippen LogP contribution in [0.5, 0.6) is 0 Å². The third-order valence-electron chi connectivity index (χ3n) is 2.24. The normalized spacial score (nSPS) is 13.8. The molecule has 17 heavy (non-hydrogen) atoms. The smallest absolute Gasteiger partial charge is 0.222 e. The Hall–Kier alpha value is -1.30. The van der Waals surface area contributed by atoms with Gasteiger partial charge in [0.05, 0.1) is 12.6 Å². The summed E-state index contributed by atoms with van der Waals surface area (Å²) in [5.74, 6) is -0.0827. The molecule has 0 heterocycles. The van der Waals surface area contributed by atoms with Gasteiger partial charge in [0, 0.05) is 13.0 Å². The van der Waals surface area contributed by atoms with Crippen LogP contribution in [-0.2, 0) is 9.53 Å². The molecule has 1 unspecified atom stereocenters. The summed E-state index contributed by atoms with van der Waals surface area (Å²) < 4.78 is 5.21. The average Bonchev–Trinajstić information content (AvgIpc) is 2.30. The molecule has 0 saturated carbocycles. The van der Waals surface area contributed by atoms with E-state index >= 15 is 0 Å². The Labute approximate surface area is 102 Å². The van der Waals surface area contributed by atoms with Gasteiger partial charge in [0.25, 0.3) is 0 Å². The van der Waals surface area contributed by atoms with E-state index < -0.39 is 6.04 Å². The lowest BCUT2D eigenvalue weighted by Crippen LogP contribution is -2.48. The zero-order valence-corrected chi connectivity index (χ0v) is 10.8. The predicted molar refractivity (Wildman–Crippen MR) is 65.9 cm³/mol. The molecule has 0 aliphatic heterocycles. The number of amidine groups is 1. The monoisotopic (exact) mass is 245 g/mol. The topological polar surface area (TPSA) is 96.9 Å². The van der Waals surface area contributed by atoms with Crippen molar-refractivity contribution in [3.05, 3.63) is 0 Å². The van der Waals surface area contributed by atoms with Crippen LogP contribution >= 0.6 is 0 Å². The van der Waals surface area contributed by atoms with Crippen molar-refractivity contribution in [2.45, 2.75) is 39.7 Å². The Bertz CT molecular complexity index is 254. The summed E-state index contributed by atoms with van der Waals surface area (Å²) in [6, 6.07) is -0.446. The first-order chi connectivity index (χ1) is 8.02. The number of rotatable bonds is 8. The zero-order chi connectivity index (χ0) is 13.3. The lowest BCUT2D eigenvalue weighted by molar-refractivity contribution is -0.122. The van der Waals surface area contributed by atoms with Crippen LogP contribution in [0, 0.1) is 5.92 Å². The Morgan fingerprint density at radius 2 is 2.12 bits per heavy atom. The predicted octanol–water partition coefficient (Wildman–Crippen LogP) is 0.690. The molecule has 0 aromatic heterocycles. The van der Waals surface area contributed by atoms with E-state index in [1.165, 1.54) is 0 Å². The van der Waals surface area contributed by atoms with Gasteiger partial charge in [-0.1, -0.05) is 25.9 Å². The van der Waals surface area contributed by atoms with Gasteiger partial charge in [-0.2, -0.15) is 0 Å². The molecule has 0 radical (unpaired) electrons. The van der Waals surface area contributed by atoms with E-state index in [-0.39, 0.29) is 24.1 Å². The molecular weight excluding hydrogens is 222 g/mol. The zero-order valence-electron chi connectivity index (χ0n) is 10.8. The molecule has 0 aromatic rings. The van der Waals surface area contributed by atoms with Crippen molar-refractivity contribution >= 4 is 11.7 Å². The number of ether oxygens (including phenoxy) is 1. The summed E-state index contributed by atoms with van der Waals surface area (Å²) in [5.41, 5.74) is 5.50. The van der Waals surface area contributed by atoms with Crippen LogP contribution < -0.4 is 11.1 Å². The Balaban J connectivity index is 4.05. The standard InChI is InChI=1S/C11H23N3O3/c1-4-6-17-7-5-9(15)13-10(8(2)3)11(12)14-16/h8,10,16H,4-7H2,1-3H3,(H2,12,14)(H,13,15). The summed E-state index contributed by atoms with van der Waals surface area (Å²) in [5, 5.41) is 14.2. The van der Waals surface area contributed by atoms with Crippen LogP contribution in [0.15, 0.2) is 5.16 Å². The first-order valence-electron chi connectivity index (χ1n) is 5.87. The molecule has 0 saturated heterocycles. The van der Waals surface area contributed by atoms with Gasteiger partial charge in [-0.15, -0.1) is 0 Å². The lowest BCUT2D eigenvalue weighted by atomic mass is 10.0. The number of amides is 1. The first-order valence-corrected chi connectivity index (χ1v) is 5.87. The van der Waals surface area contributed by atoms with Crippen LogP contribution in [0.3, 0.4) is 0 Å². The highest BCUT2D eigenvalue weighted by molar-refractivity contribution is 5.90. The molecule has 6 heteroatoms. The summed E-state index contributed by atoms with van der Waals surface area (Å²) in [7, 11) is 0.